The van der Waals surface area contributed by atoms with Crippen LogP contribution in [-0.2, 0) is 10.2 Å². The van der Waals surface area contributed by atoms with Crippen molar-refractivity contribution < 1.29 is 9.72 Å². The lowest BCUT2D eigenvalue weighted by Crippen LogP contribution is -2.26. The number of anilines is 1. The van der Waals surface area contributed by atoms with Gasteiger partial charge in [0.05, 0.1) is 10.3 Å². The fraction of sp³-hybridized carbons (Fsp3) is 0.500. The highest BCUT2D eigenvalue weighted by Gasteiger charge is 2.83. The second-order valence-corrected chi connectivity index (χ2v) is 6.41. The Morgan fingerprint density at radius 3 is 2.21 bits per heavy atom. The number of carbonyl (C=O) groups is 1. The Bertz CT molecular complexity index is 618. The van der Waals surface area contributed by atoms with Crippen LogP contribution in [0, 0.1) is 20.9 Å². The van der Waals surface area contributed by atoms with Gasteiger partial charge in [0.15, 0.2) is 0 Å². The number of rotatable bonds is 1. The summed E-state index contributed by atoms with van der Waals surface area (Å²) in [5, 5.41) is 13.8. The molecule has 0 aromatic heterocycles. The van der Waals surface area contributed by atoms with Gasteiger partial charge in [0.25, 0.3) is 5.69 Å². The van der Waals surface area contributed by atoms with Crippen LogP contribution in [0.3, 0.4) is 0 Å². The second kappa shape index (κ2) is 2.98. The van der Waals surface area contributed by atoms with Crippen molar-refractivity contribution in [3.63, 3.8) is 0 Å². The van der Waals surface area contributed by atoms with E-state index in [0.717, 1.165) is 5.56 Å². The van der Waals surface area contributed by atoms with E-state index < -0.39 is 10.3 Å². The van der Waals surface area contributed by atoms with Crippen LogP contribution in [-0.4, -0.2) is 10.8 Å². The Kier molecular flexibility index (Phi) is 1.90. The van der Waals surface area contributed by atoms with Crippen LogP contribution in [0.25, 0.3) is 0 Å². The number of nitrogens with zero attached hydrogens (tertiary/aromatic N) is 1. The van der Waals surface area contributed by atoms with Gasteiger partial charge in [-0.25, -0.2) is 0 Å². The van der Waals surface area contributed by atoms with E-state index in [0.29, 0.717) is 5.69 Å². The maximum atomic E-state index is 12.5. The third kappa shape index (κ3) is 0.980. The molecule has 19 heavy (non-hydrogen) atoms. The maximum absolute atomic E-state index is 12.5. The minimum Gasteiger partial charge on any atom is -0.319 e. The highest BCUT2D eigenvalue weighted by Crippen LogP contribution is 2.80. The van der Waals surface area contributed by atoms with E-state index in [1.54, 1.807) is 6.07 Å². The van der Waals surface area contributed by atoms with E-state index in [9.17, 15) is 14.9 Å². The molecular weight excluding hydrogens is 244 g/mol. The summed E-state index contributed by atoms with van der Waals surface area (Å²) in [7, 11) is 0. The first-order chi connectivity index (χ1) is 8.69. The summed E-state index contributed by atoms with van der Waals surface area (Å²) in [6, 6.07) is 4.92. The third-order valence-electron chi connectivity index (χ3n) is 5.60. The molecule has 3 rings (SSSR count). The zero-order valence-corrected chi connectivity index (χ0v) is 11.4. The Morgan fingerprint density at radius 1 is 1.16 bits per heavy atom. The van der Waals surface area contributed by atoms with Gasteiger partial charge < -0.3 is 5.32 Å². The third-order valence-corrected chi connectivity index (χ3v) is 5.60. The monoisotopic (exact) mass is 260 g/mol. The first-order valence-electron chi connectivity index (χ1n) is 6.29. The lowest BCUT2D eigenvalue weighted by molar-refractivity contribution is -0.383. The number of nitrogens with one attached hydrogen (secondary N) is 1. The van der Waals surface area contributed by atoms with Crippen molar-refractivity contribution in [2.45, 2.75) is 33.1 Å². The van der Waals surface area contributed by atoms with E-state index in [-0.39, 0.29) is 22.4 Å². The van der Waals surface area contributed by atoms with Gasteiger partial charge in [-0.3, -0.25) is 14.9 Å². The van der Waals surface area contributed by atoms with Crippen LogP contribution < -0.4 is 5.32 Å². The van der Waals surface area contributed by atoms with Gasteiger partial charge in [0.2, 0.25) is 5.91 Å². The van der Waals surface area contributed by atoms with Crippen LogP contribution in [0.15, 0.2) is 18.2 Å². The number of nitro benzene ring substituents is 1. The molecule has 1 aromatic carbocycles. The van der Waals surface area contributed by atoms with E-state index in [2.05, 4.69) is 5.32 Å². The molecule has 1 saturated carbocycles. The fourth-order valence-corrected chi connectivity index (χ4v) is 4.02. The summed E-state index contributed by atoms with van der Waals surface area (Å²) in [4.78, 5) is 23.1. The van der Waals surface area contributed by atoms with Gasteiger partial charge >= 0.3 is 0 Å². The summed E-state index contributed by atoms with van der Waals surface area (Å²) in [5.41, 5.74) is 0.0234. The fourth-order valence-electron chi connectivity index (χ4n) is 4.02. The van der Waals surface area contributed by atoms with Crippen LogP contribution in [0.2, 0.25) is 0 Å². The first-order valence-corrected chi connectivity index (χ1v) is 6.29. The molecule has 1 aromatic rings. The summed E-state index contributed by atoms with van der Waals surface area (Å²) < 4.78 is 0. The van der Waals surface area contributed by atoms with Crippen LogP contribution in [0.1, 0.15) is 33.3 Å². The molecule has 1 spiro atoms. The van der Waals surface area contributed by atoms with E-state index >= 15 is 0 Å². The van der Waals surface area contributed by atoms with Crippen molar-refractivity contribution in [3.8, 4) is 0 Å². The van der Waals surface area contributed by atoms with Crippen LogP contribution in [0.4, 0.5) is 11.4 Å². The van der Waals surface area contributed by atoms with Crippen molar-refractivity contribution in [2.75, 3.05) is 5.32 Å². The highest BCUT2D eigenvalue weighted by atomic mass is 16.6. The van der Waals surface area contributed by atoms with Gasteiger partial charge in [0, 0.05) is 6.07 Å². The number of para-hydroxylation sites is 1. The SMILES string of the molecule is CC1(C)C(C)(C)C12C(=O)Nc1c([N+](=O)[O-])cccc12. The number of hydrogen-bond acceptors (Lipinski definition) is 3. The molecular formula is C14H16N2O3. The lowest BCUT2D eigenvalue weighted by atomic mass is 9.87. The molecule has 1 aliphatic carbocycles. The lowest BCUT2D eigenvalue weighted by Gasteiger charge is -2.12. The molecule has 100 valence electrons. The van der Waals surface area contributed by atoms with Crippen LogP contribution >= 0.6 is 0 Å². The topological polar surface area (TPSA) is 72.2 Å². The summed E-state index contributed by atoms with van der Waals surface area (Å²) in [6.07, 6.45) is 0. The van der Waals surface area contributed by atoms with Crippen molar-refractivity contribution in [1.29, 1.82) is 0 Å². The van der Waals surface area contributed by atoms with E-state index in [4.69, 9.17) is 0 Å². The number of benzene rings is 1. The molecule has 2 aliphatic rings. The number of amides is 1. The van der Waals surface area contributed by atoms with E-state index in [1.165, 1.54) is 6.07 Å². The molecule has 0 unspecified atom stereocenters. The normalized spacial score (nSPS) is 23.9. The molecule has 1 amide bonds. The molecule has 0 atom stereocenters. The minimum absolute atomic E-state index is 0.0266. The van der Waals surface area contributed by atoms with Gasteiger partial charge in [0.1, 0.15) is 5.69 Å². The number of fused-ring (bicyclic) bond motifs is 2. The zero-order chi connectivity index (χ0) is 14.2. The predicted octanol–water partition coefficient (Wildman–Crippen LogP) is 2.85. The standard InChI is InChI=1S/C14H16N2O3/c1-12(2)13(3,4)14(12)8-6-5-7-9(16(18)19)10(8)15-11(14)17/h5-7H,1-4H3,(H,15,17). The zero-order valence-electron chi connectivity index (χ0n) is 11.4. The number of nitro groups is 1. The molecule has 5 heteroatoms. The Balaban J connectivity index is 2.30. The molecule has 0 bridgehead atoms. The van der Waals surface area contributed by atoms with Crippen molar-refractivity contribution >= 4 is 17.3 Å². The molecule has 1 fully saturated rings. The number of carbonyl (C=O) groups excluding carboxylic acids is 1. The molecule has 0 saturated heterocycles. The molecule has 5 nitrogen and oxygen atoms in total. The Morgan fingerprint density at radius 2 is 1.74 bits per heavy atom. The first kappa shape index (κ1) is 12.1. The quantitative estimate of drug-likeness (QED) is 0.623. The van der Waals surface area contributed by atoms with E-state index in [1.807, 2.05) is 33.8 Å². The van der Waals surface area contributed by atoms with Crippen molar-refractivity contribution in [3.05, 3.63) is 33.9 Å². The van der Waals surface area contributed by atoms with Gasteiger partial charge in [-0.2, -0.15) is 0 Å². The summed E-state index contributed by atoms with van der Waals surface area (Å²) >= 11 is 0. The smallest absolute Gasteiger partial charge is 0.293 e. The van der Waals surface area contributed by atoms with Gasteiger partial charge in [-0.1, -0.05) is 39.8 Å². The second-order valence-electron chi connectivity index (χ2n) is 6.41. The summed E-state index contributed by atoms with van der Waals surface area (Å²) in [5.74, 6) is -0.119. The largest absolute Gasteiger partial charge is 0.319 e. The van der Waals surface area contributed by atoms with Gasteiger partial charge in [-0.05, 0) is 16.4 Å². The van der Waals surface area contributed by atoms with Gasteiger partial charge in [-0.15, -0.1) is 0 Å². The molecule has 1 aliphatic heterocycles. The molecule has 0 radical (unpaired) electrons. The Labute approximate surface area is 111 Å². The average Bonchev–Trinajstić information content (AvgIpc) is 2.55. The predicted molar refractivity (Wildman–Crippen MR) is 71.0 cm³/mol. The Hall–Kier alpha value is -1.91. The van der Waals surface area contributed by atoms with Crippen molar-refractivity contribution in [1.82, 2.24) is 0 Å². The minimum atomic E-state index is -0.651. The highest BCUT2D eigenvalue weighted by molar-refractivity contribution is 6.12. The van der Waals surface area contributed by atoms with Crippen molar-refractivity contribution in [2.24, 2.45) is 10.8 Å². The number of hydrogen-bond donors (Lipinski definition) is 1. The average molecular weight is 260 g/mol. The van der Waals surface area contributed by atoms with Crippen LogP contribution in [0.5, 0.6) is 0 Å². The maximum Gasteiger partial charge on any atom is 0.293 e. The summed E-state index contributed by atoms with van der Waals surface area (Å²) in [6.45, 7) is 8.17. The molecule has 1 N–H and O–H groups in total. The molecule has 1 heterocycles.